The highest BCUT2D eigenvalue weighted by Gasteiger charge is 2.24. The molecule has 0 saturated carbocycles. The Hall–Kier alpha value is -2.80. The van der Waals surface area contributed by atoms with E-state index in [0.717, 1.165) is 49.2 Å². The number of aryl methyl sites for hydroxylation is 1. The van der Waals surface area contributed by atoms with Crippen molar-refractivity contribution in [1.29, 1.82) is 0 Å². The predicted molar refractivity (Wildman–Crippen MR) is 109 cm³/mol. The van der Waals surface area contributed by atoms with Crippen LogP contribution in [0, 0.1) is 6.92 Å². The lowest BCUT2D eigenvalue weighted by Gasteiger charge is -2.33. The smallest absolute Gasteiger partial charge is 0.231 e. The highest BCUT2D eigenvalue weighted by Crippen LogP contribution is 2.25. The Morgan fingerprint density at radius 2 is 1.85 bits per heavy atom. The Morgan fingerprint density at radius 3 is 2.56 bits per heavy atom. The van der Waals surface area contributed by atoms with E-state index >= 15 is 0 Å². The minimum atomic E-state index is 0.339. The van der Waals surface area contributed by atoms with Crippen molar-refractivity contribution in [3.8, 4) is 5.69 Å². The molecule has 0 aliphatic carbocycles. The SMILES string of the molecule is Cc1nnc(N2CCC(Nc3ncccc3N)CC2)n1-c1ccc(Cl)cc1. The predicted octanol–water partition coefficient (Wildman–Crippen LogP) is 3.29. The van der Waals surface area contributed by atoms with Crippen LogP contribution in [0.4, 0.5) is 17.5 Å². The zero-order chi connectivity index (χ0) is 18.8. The van der Waals surface area contributed by atoms with E-state index in [0.29, 0.717) is 16.8 Å². The van der Waals surface area contributed by atoms with E-state index in [-0.39, 0.29) is 0 Å². The molecule has 0 unspecified atom stereocenters. The molecule has 1 aliphatic heterocycles. The molecule has 3 N–H and O–H groups in total. The van der Waals surface area contributed by atoms with Gasteiger partial charge in [-0.3, -0.25) is 4.57 Å². The van der Waals surface area contributed by atoms with E-state index in [2.05, 4.69) is 30.0 Å². The number of hydrogen-bond acceptors (Lipinski definition) is 6. The number of piperidine rings is 1. The van der Waals surface area contributed by atoms with Crippen LogP contribution in [0.1, 0.15) is 18.7 Å². The van der Waals surface area contributed by atoms with Gasteiger partial charge in [0.15, 0.2) is 0 Å². The van der Waals surface area contributed by atoms with Gasteiger partial charge in [0, 0.05) is 30.4 Å². The van der Waals surface area contributed by atoms with Crippen molar-refractivity contribution in [1.82, 2.24) is 19.7 Å². The third kappa shape index (κ3) is 3.68. The van der Waals surface area contributed by atoms with Gasteiger partial charge in [-0.2, -0.15) is 0 Å². The van der Waals surface area contributed by atoms with Crippen LogP contribution in [0.5, 0.6) is 0 Å². The first kappa shape index (κ1) is 17.6. The number of nitrogens with zero attached hydrogens (tertiary/aromatic N) is 5. The van der Waals surface area contributed by atoms with Gasteiger partial charge in [0.25, 0.3) is 0 Å². The van der Waals surface area contributed by atoms with Gasteiger partial charge in [-0.05, 0) is 56.2 Å². The van der Waals surface area contributed by atoms with Crippen molar-refractivity contribution in [2.45, 2.75) is 25.8 Å². The summed E-state index contributed by atoms with van der Waals surface area (Å²) in [6, 6.07) is 11.8. The van der Waals surface area contributed by atoms with Crippen LogP contribution in [0.3, 0.4) is 0 Å². The van der Waals surface area contributed by atoms with Gasteiger partial charge in [-0.15, -0.1) is 10.2 Å². The first-order valence-corrected chi connectivity index (χ1v) is 9.39. The molecule has 7 nitrogen and oxygen atoms in total. The summed E-state index contributed by atoms with van der Waals surface area (Å²) in [4.78, 5) is 6.60. The minimum Gasteiger partial charge on any atom is -0.396 e. The number of halogens is 1. The molecule has 27 heavy (non-hydrogen) atoms. The Balaban J connectivity index is 1.47. The van der Waals surface area contributed by atoms with Crippen molar-refractivity contribution in [2.75, 3.05) is 29.0 Å². The van der Waals surface area contributed by atoms with Gasteiger partial charge >= 0.3 is 0 Å². The first-order chi connectivity index (χ1) is 13.1. The van der Waals surface area contributed by atoms with Crippen LogP contribution in [-0.2, 0) is 0 Å². The lowest BCUT2D eigenvalue weighted by atomic mass is 10.1. The van der Waals surface area contributed by atoms with Crippen molar-refractivity contribution in [3.05, 3.63) is 53.4 Å². The summed E-state index contributed by atoms with van der Waals surface area (Å²) < 4.78 is 2.07. The van der Waals surface area contributed by atoms with Gasteiger partial charge in [0.1, 0.15) is 11.6 Å². The normalized spacial score (nSPS) is 15.1. The maximum atomic E-state index is 6.02. The van der Waals surface area contributed by atoms with Crippen LogP contribution in [0.2, 0.25) is 5.02 Å². The zero-order valence-corrected chi connectivity index (χ0v) is 15.9. The highest BCUT2D eigenvalue weighted by molar-refractivity contribution is 6.30. The average Bonchev–Trinajstić information content (AvgIpc) is 3.06. The van der Waals surface area contributed by atoms with E-state index in [9.17, 15) is 0 Å². The molecule has 3 heterocycles. The number of nitrogen functional groups attached to an aromatic ring is 1. The summed E-state index contributed by atoms with van der Waals surface area (Å²) in [6.07, 6.45) is 3.70. The van der Waals surface area contributed by atoms with Crippen LogP contribution >= 0.6 is 11.6 Å². The molecular weight excluding hydrogens is 362 g/mol. The van der Waals surface area contributed by atoms with E-state index < -0.39 is 0 Å². The number of nitrogens with one attached hydrogen (secondary N) is 1. The molecule has 3 aromatic rings. The van der Waals surface area contributed by atoms with Crippen molar-refractivity contribution in [3.63, 3.8) is 0 Å². The highest BCUT2D eigenvalue weighted by atomic mass is 35.5. The van der Waals surface area contributed by atoms with Gasteiger partial charge in [0.05, 0.1) is 11.4 Å². The molecule has 140 valence electrons. The lowest BCUT2D eigenvalue weighted by Crippen LogP contribution is -2.40. The molecule has 1 aliphatic rings. The Kier molecular flexibility index (Phi) is 4.85. The fourth-order valence-electron chi connectivity index (χ4n) is 3.40. The summed E-state index contributed by atoms with van der Waals surface area (Å²) in [5.41, 5.74) is 7.68. The topological polar surface area (TPSA) is 84.9 Å². The molecule has 0 radical (unpaired) electrons. The summed E-state index contributed by atoms with van der Waals surface area (Å²) in [7, 11) is 0. The second-order valence-electron chi connectivity index (χ2n) is 6.71. The molecule has 1 aromatic carbocycles. The van der Waals surface area contributed by atoms with E-state index in [4.69, 9.17) is 17.3 Å². The van der Waals surface area contributed by atoms with Crippen LogP contribution in [-0.4, -0.2) is 38.9 Å². The molecule has 2 aromatic heterocycles. The van der Waals surface area contributed by atoms with E-state index in [1.165, 1.54) is 0 Å². The van der Waals surface area contributed by atoms with Gasteiger partial charge in [0.2, 0.25) is 5.95 Å². The van der Waals surface area contributed by atoms with E-state index in [1.807, 2.05) is 43.3 Å². The third-order valence-electron chi connectivity index (χ3n) is 4.85. The lowest BCUT2D eigenvalue weighted by molar-refractivity contribution is 0.517. The molecule has 0 bridgehead atoms. The number of benzene rings is 1. The van der Waals surface area contributed by atoms with Crippen LogP contribution < -0.4 is 16.0 Å². The summed E-state index contributed by atoms with van der Waals surface area (Å²) in [6.45, 7) is 3.73. The number of hydrogen-bond donors (Lipinski definition) is 2. The molecular formula is C19H22ClN7. The standard InChI is InChI=1S/C19H22ClN7/c1-13-24-25-19(27(13)16-6-4-14(20)5-7-16)26-11-8-15(9-12-26)23-18-17(21)3-2-10-22-18/h2-7,10,15H,8-9,11-12,21H2,1H3,(H,22,23). The maximum absolute atomic E-state index is 6.02. The number of anilines is 3. The summed E-state index contributed by atoms with van der Waals surface area (Å²) in [5, 5.41) is 12.9. The monoisotopic (exact) mass is 383 g/mol. The summed E-state index contributed by atoms with van der Waals surface area (Å²) >= 11 is 6.02. The van der Waals surface area contributed by atoms with Crippen molar-refractivity contribution >= 4 is 29.1 Å². The zero-order valence-electron chi connectivity index (χ0n) is 15.1. The molecule has 4 rings (SSSR count). The van der Waals surface area contributed by atoms with Crippen molar-refractivity contribution < 1.29 is 0 Å². The Morgan fingerprint density at radius 1 is 1.11 bits per heavy atom. The number of pyridine rings is 1. The fourth-order valence-corrected chi connectivity index (χ4v) is 3.53. The largest absolute Gasteiger partial charge is 0.396 e. The number of nitrogens with two attached hydrogens (primary N) is 1. The van der Waals surface area contributed by atoms with Gasteiger partial charge < -0.3 is 16.0 Å². The molecule has 8 heteroatoms. The maximum Gasteiger partial charge on any atom is 0.231 e. The van der Waals surface area contributed by atoms with E-state index in [1.54, 1.807) is 6.20 Å². The second-order valence-corrected chi connectivity index (χ2v) is 7.14. The molecule has 1 fully saturated rings. The van der Waals surface area contributed by atoms with Gasteiger partial charge in [-0.1, -0.05) is 11.6 Å². The summed E-state index contributed by atoms with van der Waals surface area (Å²) in [5.74, 6) is 2.48. The number of aromatic nitrogens is 4. The Labute approximate surface area is 163 Å². The Bertz CT molecular complexity index is 914. The van der Waals surface area contributed by atoms with Crippen LogP contribution in [0.15, 0.2) is 42.6 Å². The molecule has 1 saturated heterocycles. The molecule has 0 amide bonds. The quantitative estimate of drug-likeness (QED) is 0.719. The second kappa shape index (κ2) is 7.44. The number of rotatable bonds is 4. The van der Waals surface area contributed by atoms with Crippen molar-refractivity contribution in [2.24, 2.45) is 0 Å². The third-order valence-corrected chi connectivity index (χ3v) is 5.10. The van der Waals surface area contributed by atoms with Crippen LogP contribution in [0.25, 0.3) is 5.69 Å². The first-order valence-electron chi connectivity index (χ1n) is 9.02. The minimum absolute atomic E-state index is 0.339. The van der Waals surface area contributed by atoms with Gasteiger partial charge in [-0.25, -0.2) is 4.98 Å². The average molecular weight is 384 g/mol. The fraction of sp³-hybridized carbons (Fsp3) is 0.316. The molecule has 0 spiro atoms. The molecule has 0 atom stereocenters.